The van der Waals surface area contributed by atoms with Gasteiger partial charge in [-0.3, -0.25) is 4.31 Å². The summed E-state index contributed by atoms with van der Waals surface area (Å²) in [6.07, 6.45) is 0.501. The van der Waals surface area contributed by atoms with E-state index in [0.717, 1.165) is 11.1 Å². The number of benzene rings is 3. The van der Waals surface area contributed by atoms with E-state index in [1.807, 2.05) is 91.0 Å². The summed E-state index contributed by atoms with van der Waals surface area (Å²) in [5.74, 6) is 0.0821. The van der Waals surface area contributed by atoms with Gasteiger partial charge < -0.3 is 0 Å². The highest BCUT2D eigenvalue weighted by atomic mass is 32.2. The molecule has 0 aliphatic rings. The van der Waals surface area contributed by atoms with Crippen molar-refractivity contribution in [2.45, 2.75) is 13.0 Å². The number of sulfonamides is 1. The highest BCUT2D eigenvalue weighted by molar-refractivity contribution is 7.92. The summed E-state index contributed by atoms with van der Waals surface area (Å²) in [6, 6.07) is 28.7. The second kappa shape index (κ2) is 7.99. The van der Waals surface area contributed by atoms with Gasteiger partial charge in [0.25, 0.3) is 0 Å². The number of hydrogen-bond donors (Lipinski definition) is 0. The topological polar surface area (TPSA) is 37.4 Å². The third-order valence-corrected chi connectivity index (χ3v) is 5.77. The smallest absolute Gasteiger partial charge is 0.235 e. The van der Waals surface area contributed by atoms with E-state index in [-0.39, 0.29) is 5.75 Å². The highest BCUT2D eigenvalue weighted by Gasteiger charge is 2.22. The zero-order chi connectivity index (χ0) is 17.5. The Morgan fingerprint density at radius 2 is 1.12 bits per heavy atom. The molecule has 0 amide bonds. The molecule has 4 heteroatoms. The average molecular weight is 351 g/mol. The summed E-state index contributed by atoms with van der Waals surface area (Å²) in [6.45, 7) is 0.335. The first kappa shape index (κ1) is 17.2. The van der Waals surface area contributed by atoms with Crippen molar-refractivity contribution in [1.29, 1.82) is 0 Å². The Morgan fingerprint density at radius 1 is 0.640 bits per heavy atom. The van der Waals surface area contributed by atoms with Gasteiger partial charge in [0.05, 0.1) is 18.0 Å². The molecule has 0 bridgehead atoms. The maximum atomic E-state index is 13.0. The molecular formula is C21H21NO2S. The van der Waals surface area contributed by atoms with Gasteiger partial charge in [-0.15, -0.1) is 0 Å². The SMILES string of the molecule is O=S(=O)(CCc1ccccc1)N(Cc1ccccc1)c1ccccc1. The van der Waals surface area contributed by atoms with Crippen molar-refractivity contribution in [3.8, 4) is 0 Å². The van der Waals surface area contributed by atoms with Crippen LogP contribution < -0.4 is 4.31 Å². The number of rotatable bonds is 7. The Hall–Kier alpha value is -2.59. The molecule has 3 aromatic rings. The van der Waals surface area contributed by atoms with Crippen LogP contribution in [0, 0.1) is 0 Å². The second-order valence-electron chi connectivity index (χ2n) is 5.88. The number of anilines is 1. The van der Waals surface area contributed by atoms with E-state index in [0.29, 0.717) is 18.7 Å². The molecule has 0 atom stereocenters. The highest BCUT2D eigenvalue weighted by Crippen LogP contribution is 2.21. The molecule has 0 radical (unpaired) electrons. The third kappa shape index (κ3) is 4.70. The molecule has 3 aromatic carbocycles. The lowest BCUT2D eigenvalue weighted by molar-refractivity contribution is 0.589. The molecule has 0 aliphatic heterocycles. The Bertz CT molecular complexity index is 879. The van der Waals surface area contributed by atoms with Crippen LogP contribution in [0.1, 0.15) is 11.1 Å². The molecule has 0 heterocycles. The van der Waals surface area contributed by atoms with Gasteiger partial charge in [0.1, 0.15) is 0 Å². The van der Waals surface area contributed by atoms with Crippen molar-refractivity contribution in [3.05, 3.63) is 102 Å². The van der Waals surface area contributed by atoms with E-state index in [1.165, 1.54) is 4.31 Å². The molecule has 0 aliphatic carbocycles. The molecule has 128 valence electrons. The zero-order valence-electron chi connectivity index (χ0n) is 14.0. The van der Waals surface area contributed by atoms with E-state index in [4.69, 9.17) is 0 Å². The summed E-state index contributed by atoms with van der Waals surface area (Å²) >= 11 is 0. The van der Waals surface area contributed by atoms with Crippen LogP contribution in [0.25, 0.3) is 0 Å². The third-order valence-electron chi connectivity index (χ3n) is 4.04. The Balaban J connectivity index is 1.85. The monoisotopic (exact) mass is 351 g/mol. The second-order valence-corrected chi connectivity index (χ2v) is 7.89. The first-order valence-corrected chi connectivity index (χ1v) is 9.89. The van der Waals surface area contributed by atoms with Gasteiger partial charge in [0, 0.05) is 0 Å². The summed E-state index contributed by atoms with van der Waals surface area (Å²) in [7, 11) is -3.44. The lowest BCUT2D eigenvalue weighted by Crippen LogP contribution is -2.33. The molecule has 0 saturated heterocycles. The van der Waals surface area contributed by atoms with Crippen molar-refractivity contribution in [1.82, 2.24) is 0 Å². The van der Waals surface area contributed by atoms with E-state index in [2.05, 4.69) is 0 Å². The molecule has 25 heavy (non-hydrogen) atoms. The van der Waals surface area contributed by atoms with Crippen molar-refractivity contribution in [2.24, 2.45) is 0 Å². The van der Waals surface area contributed by atoms with Crippen molar-refractivity contribution < 1.29 is 8.42 Å². The van der Waals surface area contributed by atoms with Gasteiger partial charge in [0.2, 0.25) is 10.0 Å². The summed E-state index contributed by atoms with van der Waals surface area (Å²) in [5, 5.41) is 0. The van der Waals surface area contributed by atoms with Crippen LogP contribution in [0.15, 0.2) is 91.0 Å². The van der Waals surface area contributed by atoms with Gasteiger partial charge in [-0.05, 0) is 29.7 Å². The van der Waals surface area contributed by atoms with E-state index < -0.39 is 10.0 Å². The van der Waals surface area contributed by atoms with E-state index in [9.17, 15) is 8.42 Å². The largest absolute Gasteiger partial charge is 0.266 e. The van der Waals surface area contributed by atoms with Crippen LogP contribution in [-0.2, 0) is 23.0 Å². The molecule has 0 saturated carbocycles. The van der Waals surface area contributed by atoms with Crippen LogP contribution in [0.4, 0.5) is 5.69 Å². The maximum Gasteiger partial charge on any atom is 0.235 e. The fourth-order valence-corrected chi connectivity index (χ4v) is 4.20. The molecule has 3 nitrogen and oxygen atoms in total. The average Bonchev–Trinajstić information content (AvgIpc) is 2.67. The zero-order valence-corrected chi connectivity index (χ0v) is 14.8. The first-order valence-electron chi connectivity index (χ1n) is 8.28. The quantitative estimate of drug-likeness (QED) is 0.638. The standard InChI is InChI=1S/C21H21NO2S/c23-25(24,17-16-19-10-4-1-5-11-19)22(21-14-8-3-9-15-21)18-20-12-6-2-7-13-20/h1-15H,16-18H2. The first-order chi connectivity index (χ1) is 12.1. The minimum absolute atomic E-state index is 0.0821. The van der Waals surface area contributed by atoms with Gasteiger partial charge in [0.15, 0.2) is 0 Å². The molecule has 0 spiro atoms. The van der Waals surface area contributed by atoms with Crippen LogP contribution in [0.2, 0.25) is 0 Å². The van der Waals surface area contributed by atoms with Gasteiger partial charge in [-0.1, -0.05) is 78.9 Å². The normalized spacial score (nSPS) is 11.2. The fourth-order valence-electron chi connectivity index (χ4n) is 2.70. The minimum Gasteiger partial charge on any atom is -0.266 e. The lowest BCUT2D eigenvalue weighted by Gasteiger charge is -2.24. The number of aryl methyl sites for hydroxylation is 1. The number of hydrogen-bond acceptors (Lipinski definition) is 2. The molecule has 0 unspecified atom stereocenters. The summed E-state index contributed by atoms with van der Waals surface area (Å²) in [5.41, 5.74) is 2.69. The molecule has 0 N–H and O–H groups in total. The van der Waals surface area contributed by atoms with Crippen LogP contribution in [0.5, 0.6) is 0 Å². The van der Waals surface area contributed by atoms with Crippen LogP contribution in [-0.4, -0.2) is 14.2 Å². The van der Waals surface area contributed by atoms with Gasteiger partial charge in [-0.2, -0.15) is 0 Å². The fraction of sp³-hybridized carbons (Fsp3) is 0.143. The predicted molar refractivity (Wildman–Crippen MR) is 103 cm³/mol. The Morgan fingerprint density at radius 3 is 1.68 bits per heavy atom. The van der Waals surface area contributed by atoms with E-state index >= 15 is 0 Å². The van der Waals surface area contributed by atoms with Crippen molar-refractivity contribution in [3.63, 3.8) is 0 Å². The summed E-state index contributed by atoms with van der Waals surface area (Å²) < 4.78 is 27.6. The number of nitrogens with zero attached hydrogens (tertiary/aromatic N) is 1. The van der Waals surface area contributed by atoms with Crippen molar-refractivity contribution >= 4 is 15.7 Å². The Labute approximate surface area is 149 Å². The predicted octanol–water partition coefficient (Wildman–Crippen LogP) is 4.27. The van der Waals surface area contributed by atoms with Crippen LogP contribution >= 0.6 is 0 Å². The molecule has 3 rings (SSSR count). The van der Waals surface area contributed by atoms with E-state index in [1.54, 1.807) is 0 Å². The van der Waals surface area contributed by atoms with Gasteiger partial charge >= 0.3 is 0 Å². The van der Waals surface area contributed by atoms with Crippen LogP contribution in [0.3, 0.4) is 0 Å². The molecule has 0 aromatic heterocycles. The number of para-hydroxylation sites is 1. The summed E-state index contributed by atoms with van der Waals surface area (Å²) in [4.78, 5) is 0. The minimum atomic E-state index is -3.44. The Kier molecular flexibility index (Phi) is 5.51. The maximum absolute atomic E-state index is 13.0. The van der Waals surface area contributed by atoms with Gasteiger partial charge in [-0.25, -0.2) is 8.42 Å². The molecule has 0 fully saturated rings. The lowest BCUT2D eigenvalue weighted by atomic mass is 10.2. The molecular weight excluding hydrogens is 330 g/mol. The van der Waals surface area contributed by atoms with Crippen molar-refractivity contribution in [2.75, 3.05) is 10.1 Å².